The van der Waals surface area contributed by atoms with Crippen LogP contribution in [0.5, 0.6) is 0 Å². The van der Waals surface area contributed by atoms with Crippen LogP contribution in [0, 0.1) is 19.7 Å². The zero-order valence-electron chi connectivity index (χ0n) is 12.9. The van der Waals surface area contributed by atoms with Gasteiger partial charge in [-0.2, -0.15) is 5.10 Å². The molecule has 3 rings (SSSR count). The Kier molecular flexibility index (Phi) is 3.93. The van der Waals surface area contributed by atoms with Gasteiger partial charge in [-0.3, -0.25) is 4.79 Å². The summed E-state index contributed by atoms with van der Waals surface area (Å²) in [6.07, 6.45) is 1.50. The molecule has 0 saturated carbocycles. The number of nitrogens with one attached hydrogen (secondary N) is 1. The maximum atomic E-state index is 13.7. The Labute approximate surface area is 133 Å². The molecule has 0 spiro atoms. The van der Waals surface area contributed by atoms with E-state index in [4.69, 9.17) is 0 Å². The molecule has 1 aromatic heterocycles. The van der Waals surface area contributed by atoms with E-state index in [-0.39, 0.29) is 11.6 Å². The number of aryl methyl sites for hydroxylation is 1. The zero-order valence-corrected chi connectivity index (χ0v) is 12.9. The van der Waals surface area contributed by atoms with Crippen LogP contribution in [-0.2, 0) is 0 Å². The predicted octanol–water partition coefficient (Wildman–Crippen LogP) is 3.88. The molecule has 0 bridgehead atoms. The van der Waals surface area contributed by atoms with Gasteiger partial charge in [0, 0.05) is 0 Å². The Bertz CT molecular complexity index is 870. The van der Waals surface area contributed by atoms with Crippen molar-refractivity contribution in [2.75, 3.05) is 5.32 Å². The van der Waals surface area contributed by atoms with E-state index in [0.29, 0.717) is 11.3 Å². The van der Waals surface area contributed by atoms with Crippen LogP contribution in [0.1, 0.15) is 21.6 Å². The smallest absolute Gasteiger partial charge is 0.259 e. The van der Waals surface area contributed by atoms with Crippen molar-refractivity contribution in [3.05, 3.63) is 77.4 Å². The quantitative estimate of drug-likeness (QED) is 0.798. The van der Waals surface area contributed by atoms with Crippen LogP contribution in [-0.4, -0.2) is 15.7 Å². The van der Waals surface area contributed by atoms with Gasteiger partial charge in [-0.1, -0.05) is 30.3 Å². The molecule has 0 fully saturated rings. The third kappa shape index (κ3) is 2.85. The molecule has 0 saturated heterocycles. The molecule has 5 heteroatoms. The van der Waals surface area contributed by atoms with Crippen molar-refractivity contribution in [1.82, 2.24) is 9.78 Å². The number of anilines is 1. The predicted molar refractivity (Wildman–Crippen MR) is 87.4 cm³/mol. The molecular weight excluding hydrogens is 293 g/mol. The van der Waals surface area contributed by atoms with Gasteiger partial charge in [0.2, 0.25) is 0 Å². The van der Waals surface area contributed by atoms with Crippen LogP contribution >= 0.6 is 0 Å². The molecule has 0 radical (unpaired) electrons. The molecule has 0 atom stereocenters. The van der Waals surface area contributed by atoms with Gasteiger partial charge in [0.1, 0.15) is 5.82 Å². The third-order valence-corrected chi connectivity index (χ3v) is 3.72. The first-order valence-corrected chi connectivity index (χ1v) is 7.24. The molecule has 0 aliphatic carbocycles. The highest BCUT2D eigenvalue weighted by Crippen LogP contribution is 2.19. The van der Waals surface area contributed by atoms with Crippen molar-refractivity contribution in [3.63, 3.8) is 0 Å². The number of para-hydroxylation sites is 2. The maximum Gasteiger partial charge on any atom is 0.259 e. The van der Waals surface area contributed by atoms with Crippen LogP contribution in [0.2, 0.25) is 0 Å². The molecule has 23 heavy (non-hydrogen) atoms. The SMILES string of the molecule is Cc1ccccc1-n1ncc(C(=O)Nc2ccccc2F)c1C. The monoisotopic (exact) mass is 309 g/mol. The number of amides is 1. The fourth-order valence-electron chi connectivity index (χ4n) is 2.43. The van der Waals surface area contributed by atoms with Gasteiger partial charge >= 0.3 is 0 Å². The van der Waals surface area contributed by atoms with E-state index in [1.54, 1.807) is 16.8 Å². The lowest BCUT2D eigenvalue weighted by atomic mass is 10.2. The first-order valence-electron chi connectivity index (χ1n) is 7.24. The summed E-state index contributed by atoms with van der Waals surface area (Å²) in [5.41, 5.74) is 3.24. The number of carbonyl (C=O) groups is 1. The largest absolute Gasteiger partial charge is 0.319 e. The van der Waals surface area contributed by atoms with Crippen molar-refractivity contribution in [2.24, 2.45) is 0 Å². The average molecular weight is 309 g/mol. The second-order valence-corrected chi connectivity index (χ2v) is 5.28. The summed E-state index contributed by atoms with van der Waals surface area (Å²) in [6.45, 7) is 3.80. The van der Waals surface area contributed by atoms with Crippen LogP contribution in [0.25, 0.3) is 5.69 Å². The fourth-order valence-corrected chi connectivity index (χ4v) is 2.43. The lowest BCUT2D eigenvalue weighted by molar-refractivity contribution is 0.102. The van der Waals surface area contributed by atoms with Crippen molar-refractivity contribution in [2.45, 2.75) is 13.8 Å². The molecule has 3 aromatic rings. The number of nitrogens with zero attached hydrogens (tertiary/aromatic N) is 2. The summed E-state index contributed by atoms with van der Waals surface area (Å²) in [5, 5.41) is 6.87. The number of benzene rings is 2. The molecule has 1 heterocycles. The third-order valence-electron chi connectivity index (χ3n) is 3.72. The number of aromatic nitrogens is 2. The van der Waals surface area contributed by atoms with Gasteiger partial charge in [0.05, 0.1) is 28.8 Å². The Balaban J connectivity index is 1.92. The highest BCUT2D eigenvalue weighted by Gasteiger charge is 2.17. The Morgan fingerprint density at radius 3 is 2.52 bits per heavy atom. The summed E-state index contributed by atoms with van der Waals surface area (Å²) in [4.78, 5) is 12.4. The lowest BCUT2D eigenvalue weighted by Crippen LogP contribution is -2.14. The Hall–Kier alpha value is -2.95. The number of halogens is 1. The van der Waals surface area contributed by atoms with Crippen LogP contribution < -0.4 is 5.32 Å². The normalized spacial score (nSPS) is 10.6. The topological polar surface area (TPSA) is 46.9 Å². The lowest BCUT2D eigenvalue weighted by Gasteiger charge is -2.09. The van der Waals surface area contributed by atoms with Crippen molar-refractivity contribution in [1.29, 1.82) is 0 Å². The fraction of sp³-hybridized carbons (Fsp3) is 0.111. The number of rotatable bonds is 3. The van der Waals surface area contributed by atoms with Crippen molar-refractivity contribution < 1.29 is 9.18 Å². The highest BCUT2D eigenvalue weighted by molar-refractivity contribution is 6.05. The van der Waals surface area contributed by atoms with E-state index in [2.05, 4.69) is 10.4 Å². The second kappa shape index (κ2) is 6.04. The summed E-state index contributed by atoms with van der Waals surface area (Å²) < 4.78 is 15.4. The minimum Gasteiger partial charge on any atom is -0.319 e. The van der Waals surface area contributed by atoms with Crippen molar-refractivity contribution in [3.8, 4) is 5.69 Å². The Morgan fingerprint density at radius 2 is 1.78 bits per heavy atom. The van der Waals surface area contributed by atoms with E-state index in [1.165, 1.54) is 18.3 Å². The average Bonchev–Trinajstić information content (AvgIpc) is 2.92. The Morgan fingerprint density at radius 1 is 1.09 bits per heavy atom. The minimum absolute atomic E-state index is 0.153. The standard InChI is InChI=1S/C18H16FN3O/c1-12-7-3-6-10-17(12)22-13(2)14(11-20-22)18(23)21-16-9-5-4-8-15(16)19/h3-11H,1-2H3,(H,21,23). The zero-order chi connectivity index (χ0) is 16.4. The van der Waals surface area contributed by atoms with E-state index in [1.807, 2.05) is 38.1 Å². The van der Waals surface area contributed by atoms with Gasteiger partial charge in [-0.15, -0.1) is 0 Å². The highest BCUT2D eigenvalue weighted by atomic mass is 19.1. The maximum absolute atomic E-state index is 13.7. The van der Waals surface area contributed by atoms with Gasteiger partial charge in [-0.05, 0) is 37.6 Å². The van der Waals surface area contributed by atoms with E-state index in [9.17, 15) is 9.18 Å². The van der Waals surface area contributed by atoms with Gasteiger partial charge in [0.25, 0.3) is 5.91 Å². The number of hydrogen-bond donors (Lipinski definition) is 1. The molecule has 0 aliphatic heterocycles. The molecule has 2 aromatic carbocycles. The first-order chi connectivity index (χ1) is 11.1. The van der Waals surface area contributed by atoms with Gasteiger partial charge in [-0.25, -0.2) is 9.07 Å². The first kappa shape index (κ1) is 15.0. The van der Waals surface area contributed by atoms with E-state index in [0.717, 1.165) is 11.3 Å². The van der Waals surface area contributed by atoms with E-state index >= 15 is 0 Å². The van der Waals surface area contributed by atoms with E-state index < -0.39 is 5.82 Å². The summed E-state index contributed by atoms with van der Waals surface area (Å²) in [5.74, 6) is -0.850. The second-order valence-electron chi connectivity index (χ2n) is 5.28. The number of hydrogen-bond acceptors (Lipinski definition) is 2. The van der Waals surface area contributed by atoms with Gasteiger partial charge in [0.15, 0.2) is 0 Å². The molecular formula is C18H16FN3O. The summed E-state index contributed by atoms with van der Waals surface area (Å²) in [7, 11) is 0. The molecule has 116 valence electrons. The minimum atomic E-state index is -0.468. The molecule has 1 amide bonds. The molecule has 1 N–H and O–H groups in total. The van der Waals surface area contributed by atoms with Crippen LogP contribution in [0.15, 0.2) is 54.7 Å². The summed E-state index contributed by atoms with van der Waals surface area (Å²) in [6, 6.07) is 13.9. The summed E-state index contributed by atoms with van der Waals surface area (Å²) >= 11 is 0. The molecule has 4 nitrogen and oxygen atoms in total. The van der Waals surface area contributed by atoms with Crippen molar-refractivity contribution >= 4 is 11.6 Å². The van der Waals surface area contributed by atoms with Crippen LogP contribution in [0.4, 0.5) is 10.1 Å². The number of carbonyl (C=O) groups excluding carboxylic acids is 1. The van der Waals surface area contributed by atoms with Crippen LogP contribution in [0.3, 0.4) is 0 Å². The molecule has 0 aliphatic rings. The van der Waals surface area contributed by atoms with Gasteiger partial charge < -0.3 is 5.32 Å². The molecule has 0 unspecified atom stereocenters.